The van der Waals surface area contributed by atoms with E-state index in [9.17, 15) is 9.59 Å². The molecular weight excluding hydrogens is 191 g/mol. The third-order valence-corrected chi connectivity index (χ3v) is 1.92. The summed E-state index contributed by atoms with van der Waals surface area (Å²) in [5.74, 6) is -0.283. The molecular formula is C10H19BN2O2. The molecule has 4 nitrogen and oxygen atoms in total. The monoisotopic (exact) mass is 210 g/mol. The summed E-state index contributed by atoms with van der Waals surface area (Å²) in [5, 5.41) is 2.68. The SMILES string of the molecule is CC.[B]CC(=O)NC1CN(C(=O)C=C)C1.[HH]. The highest BCUT2D eigenvalue weighted by molar-refractivity contribution is 6.19. The molecule has 0 unspecified atom stereocenters. The Morgan fingerprint density at radius 1 is 1.60 bits per heavy atom. The van der Waals surface area contributed by atoms with Crippen molar-refractivity contribution < 1.29 is 11.0 Å². The van der Waals surface area contributed by atoms with Gasteiger partial charge in [-0.25, -0.2) is 0 Å². The molecule has 2 radical (unpaired) electrons. The van der Waals surface area contributed by atoms with Gasteiger partial charge in [-0.15, -0.1) is 0 Å². The molecule has 15 heavy (non-hydrogen) atoms. The molecule has 0 aromatic rings. The average molecular weight is 210 g/mol. The number of hydrogen-bond acceptors (Lipinski definition) is 2. The number of carbonyl (C=O) groups excluding carboxylic acids is 2. The molecule has 0 spiro atoms. The number of hydrogen-bond donors (Lipinski definition) is 1. The number of carbonyl (C=O) groups is 2. The lowest BCUT2D eigenvalue weighted by atomic mass is 10.0. The van der Waals surface area contributed by atoms with E-state index in [1.165, 1.54) is 6.08 Å². The lowest BCUT2D eigenvalue weighted by Crippen LogP contribution is -2.60. The molecule has 1 rings (SSSR count). The highest BCUT2D eigenvalue weighted by atomic mass is 16.2. The minimum atomic E-state index is -0.185. The van der Waals surface area contributed by atoms with Crippen LogP contribution in [0.5, 0.6) is 0 Å². The zero-order valence-electron chi connectivity index (χ0n) is 9.32. The highest BCUT2D eigenvalue weighted by Crippen LogP contribution is 2.07. The first kappa shape index (κ1) is 13.7. The van der Waals surface area contributed by atoms with E-state index in [0.29, 0.717) is 13.1 Å². The summed E-state index contributed by atoms with van der Waals surface area (Å²) in [6, 6.07) is 0.0555. The van der Waals surface area contributed by atoms with E-state index in [1.807, 2.05) is 13.8 Å². The van der Waals surface area contributed by atoms with Crippen LogP contribution in [0.2, 0.25) is 6.32 Å². The van der Waals surface area contributed by atoms with E-state index in [4.69, 9.17) is 7.85 Å². The van der Waals surface area contributed by atoms with Crippen LogP contribution in [-0.2, 0) is 9.59 Å². The first-order valence-electron chi connectivity index (χ1n) is 5.08. The molecule has 84 valence electrons. The summed E-state index contributed by atoms with van der Waals surface area (Å²) in [7, 11) is 5.11. The fraction of sp³-hybridized carbons (Fsp3) is 0.600. The molecule has 1 aliphatic heterocycles. The van der Waals surface area contributed by atoms with Gasteiger partial charge in [0.2, 0.25) is 11.8 Å². The maximum atomic E-state index is 11.0. The smallest absolute Gasteiger partial charge is 0.246 e. The standard InChI is InChI=1S/C8H11BN2O2.C2H6.H2/c1-2-8(13)11-4-6(5-11)10-7(12)3-9;1-2;/h2,6H,1,3-5H2,(H,10,12);1-2H3;1H. The normalized spacial score (nSPS) is 14.4. The molecule has 1 N–H and O–H groups in total. The van der Waals surface area contributed by atoms with Crippen LogP contribution in [0.3, 0.4) is 0 Å². The van der Waals surface area contributed by atoms with Gasteiger partial charge >= 0.3 is 0 Å². The van der Waals surface area contributed by atoms with Crippen LogP contribution in [0.15, 0.2) is 12.7 Å². The number of nitrogens with zero attached hydrogens (tertiary/aromatic N) is 1. The van der Waals surface area contributed by atoms with Crippen molar-refractivity contribution in [2.24, 2.45) is 0 Å². The number of rotatable bonds is 3. The molecule has 1 fully saturated rings. The number of nitrogens with one attached hydrogen (secondary N) is 1. The minimum absolute atomic E-state index is 0. The van der Waals surface area contributed by atoms with Crippen molar-refractivity contribution in [1.29, 1.82) is 0 Å². The molecule has 0 atom stereocenters. The molecule has 0 aromatic carbocycles. The van der Waals surface area contributed by atoms with E-state index < -0.39 is 0 Å². The van der Waals surface area contributed by atoms with Crippen molar-refractivity contribution in [3.05, 3.63) is 12.7 Å². The quantitative estimate of drug-likeness (QED) is 0.540. The molecule has 1 saturated heterocycles. The van der Waals surface area contributed by atoms with Crippen LogP contribution in [0.1, 0.15) is 15.3 Å². The highest BCUT2D eigenvalue weighted by Gasteiger charge is 2.29. The fourth-order valence-electron chi connectivity index (χ4n) is 1.17. The van der Waals surface area contributed by atoms with Gasteiger partial charge in [0, 0.05) is 14.5 Å². The topological polar surface area (TPSA) is 49.4 Å². The largest absolute Gasteiger partial charge is 0.350 e. The summed E-state index contributed by atoms with van der Waals surface area (Å²) in [6.45, 7) is 8.47. The molecule has 0 saturated carbocycles. The van der Waals surface area contributed by atoms with Gasteiger partial charge in [-0.3, -0.25) is 9.59 Å². The van der Waals surface area contributed by atoms with Gasteiger partial charge < -0.3 is 10.2 Å². The summed E-state index contributed by atoms with van der Waals surface area (Å²) < 4.78 is 0. The second-order valence-corrected chi connectivity index (χ2v) is 2.92. The summed E-state index contributed by atoms with van der Waals surface area (Å²) in [6.07, 6.45) is 1.26. The molecule has 1 aliphatic rings. The van der Waals surface area contributed by atoms with Gasteiger partial charge in [-0.2, -0.15) is 0 Å². The van der Waals surface area contributed by atoms with E-state index in [1.54, 1.807) is 4.90 Å². The van der Waals surface area contributed by atoms with Gasteiger partial charge in [0.1, 0.15) is 0 Å². The van der Waals surface area contributed by atoms with Gasteiger partial charge in [0.15, 0.2) is 0 Å². The van der Waals surface area contributed by atoms with E-state index in [-0.39, 0.29) is 25.6 Å². The van der Waals surface area contributed by atoms with Crippen LogP contribution in [0.25, 0.3) is 0 Å². The Kier molecular flexibility index (Phi) is 6.50. The lowest BCUT2D eigenvalue weighted by Gasteiger charge is -2.38. The maximum absolute atomic E-state index is 11.0. The first-order chi connectivity index (χ1) is 7.17. The minimum Gasteiger partial charge on any atom is -0.350 e. The second-order valence-electron chi connectivity index (χ2n) is 2.92. The van der Waals surface area contributed by atoms with Gasteiger partial charge in [-0.1, -0.05) is 20.4 Å². The van der Waals surface area contributed by atoms with Crippen molar-refractivity contribution in [3.8, 4) is 0 Å². The Bertz CT molecular complexity index is 243. The van der Waals surface area contributed by atoms with Gasteiger partial charge in [-0.05, 0) is 12.4 Å². The fourth-order valence-corrected chi connectivity index (χ4v) is 1.17. The van der Waals surface area contributed by atoms with E-state index >= 15 is 0 Å². The van der Waals surface area contributed by atoms with Crippen molar-refractivity contribution in [1.82, 2.24) is 10.2 Å². The van der Waals surface area contributed by atoms with Crippen molar-refractivity contribution in [2.45, 2.75) is 26.2 Å². The zero-order chi connectivity index (χ0) is 11.8. The van der Waals surface area contributed by atoms with Crippen LogP contribution < -0.4 is 5.32 Å². The van der Waals surface area contributed by atoms with Crippen LogP contribution in [0, 0.1) is 0 Å². The predicted molar refractivity (Wildman–Crippen MR) is 62.7 cm³/mol. The Hall–Kier alpha value is -1.26. The molecule has 0 aliphatic carbocycles. The third kappa shape index (κ3) is 4.19. The second kappa shape index (κ2) is 7.09. The Morgan fingerprint density at radius 3 is 2.53 bits per heavy atom. The maximum Gasteiger partial charge on any atom is 0.246 e. The molecule has 1 heterocycles. The Morgan fingerprint density at radius 2 is 2.13 bits per heavy atom. The third-order valence-electron chi connectivity index (χ3n) is 1.92. The van der Waals surface area contributed by atoms with Crippen LogP contribution in [-0.4, -0.2) is 43.7 Å². The molecule has 2 amide bonds. The summed E-state index contributed by atoms with van der Waals surface area (Å²) in [5.41, 5.74) is 0. The average Bonchev–Trinajstić information content (AvgIpc) is 2.24. The summed E-state index contributed by atoms with van der Waals surface area (Å²) in [4.78, 5) is 23.4. The number of likely N-dealkylation sites (tertiary alicyclic amines) is 1. The van der Waals surface area contributed by atoms with E-state index in [0.717, 1.165) is 0 Å². The lowest BCUT2D eigenvalue weighted by molar-refractivity contribution is -0.132. The van der Waals surface area contributed by atoms with Crippen LogP contribution in [0.4, 0.5) is 0 Å². The van der Waals surface area contributed by atoms with Crippen molar-refractivity contribution in [3.63, 3.8) is 0 Å². The van der Waals surface area contributed by atoms with Crippen LogP contribution >= 0.6 is 0 Å². The first-order valence-corrected chi connectivity index (χ1v) is 5.08. The van der Waals surface area contributed by atoms with Gasteiger partial charge in [0.25, 0.3) is 0 Å². The molecule has 0 bridgehead atoms. The Labute approximate surface area is 93.6 Å². The predicted octanol–water partition coefficient (Wildman–Crippen LogP) is 0.358. The molecule has 0 aromatic heterocycles. The Balaban J connectivity index is 0. The van der Waals surface area contributed by atoms with Gasteiger partial charge in [0.05, 0.1) is 13.9 Å². The van der Waals surface area contributed by atoms with Crippen molar-refractivity contribution >= 4 is 19.7 Å². The zero-order valence-corrected chi connectivity index (χ0v) is 9.32. The number of amides is 2. The van der Waals surface area contributed by atoms with E-state index in [2.05, 4.69) is 11.9 Å². The summed E-state index contributed by atoms with van der Waals surface area (Å²) >= 11 is 0. The van der Waals surface area contributed by atoms with Crippen molar-refractivity contribution in [2.75, 3.05) is 13.1 Å². The molecule has 5 heteroatoms.